The summed E-state index contributed by atoms with van der Waals surface area (Å²) in [5.74, 6) is -2.02. The molecule has 7 heteroatoms. The molecule has 5 nitrogen and oxygen atoms in total. The normalized spacial score (nSPS) is 10.8. The summed E-state index contributed by atoms with van der Waals surface area (Å²) >= 11 is 0. The molecule has 0 saturated carbocycles. The van der Waals surface area contributed by atoms with Gasteiger partial charge in [-0.25, -0.2) is 17.5 Å². The van der Waals surface area contributed by atoms with Crippen molar-refractivity contribution in [3.63, 3.8) is 0 Å². The van der Waals surface area contributed by atoms with Crippen LogP contribution in [0, 0.1) is 5.82 Å². The molecule has 0 aliphatic carbocycles. The van der Waals surface area contributed by atoms with Crippen LogP contribution in [0.3, 0.4) is 0 Å². The molecular weight excluding hydrogens is 235 g/mol. The van der Waals surface area contributed by atoms with Crippen molar-refractivity contribution < 1.29 is 17.6 Å². The van der Waals surface area contributed by atoms with E-state index in [-0.39, 0.29) is 11.3 Å². The first-order chi connectivity index (χ1) is 7.44. The second kappa shape index (κ2) is 4.84. The number of aromatic nitrogens is 1. The maximum absolute atomic E-state index is 12.7. The Morgan fingerprint density at radius 1 is 1.56 bits per heavy atom. The topological polar surface area (TPSA) is 76.1 Å². The Balaban J connectivity index is 2.85. The van der Waals surface area contributed by atoms with E-state index < -0.39 is 21.7 Å². The number of hydrogen-bond acceptors (Lipinski definition) is 4. The zero-order valence-corrected chi connectivity index (χ0v) is 9.00. The van der Waals surface area contributed by atoms with E-state index in [1.807, 2.05) is 0 Å². The third-order valence-electron chi connectivity index (χ3n) is 1.55. The lowest BCUT2D eigenvalue weighted by Gasteiger charge is -2.04. The molecule has 0 aliphatic heterocycles. The summed E-state index contributed by atoms with van der Waals surface area (Å²) in [5.41, 5.74) is -0.160. The largest absolute Gasteiger partial charge is 0.268 e. The molecule has 0 aliphatic rings. The zero-order chi connectivity index (χ0) is 12.2. The van der Waals surface area contributed by atoms with Crippen LogP contribution in [0.15, 0.2) is 31.1 Å². The molecule has 0 atom stereocenters. The van der Waals surface area contributed by atoms with Crippen molar-refractivity contribution in [2.45, 2.75) is 0 Å². The lowest BCUT2D eigenvalue weighted by atomic mass is 10.3. The van der Waals surface area contributed by atoms with E-state index in [2.05, 4.69) is 11.6 Å². The van der Waals surface area contributed by atoms with Gasteiger partial charge in [0.15, 0.2) is 0 Å². The summed E-state index contributed by atoms with van der Waals surface area (Å²) in [7, 11) is -3.76. The highest BCUT2D eigenvalue weighted by molar-refractivity contribution is 7.90. The van der Waals surface area contributed by atoms with Gasteiger partial charge >= 0.3 is 0 Å². The van der Waals surface area contributed by atoms with Crippen molar-refractivity contribution in [2.75, 3.05) is 5.75 Å². The number of sulfonamides is 1. The average molecular weight is 244 g/mol. The van der Waals surface area contributed by atoms with Gasteiger partial charge in [0.25, 0.3) is 5.91 Å². The fourth-order valence-electron chi connectivity index (χ4n) is 0.933. The minimum absolute atomic E-state index is 0.160. The molecule has 16 heavy (non-hydrogen) atoms. The molecule has 0 fully saturated rings. The molecule has 1 aromatic heterocycles. The third kappa shape index (κ3) is 3.43. The molecule has 1 rings (SSSR count). The molecule has 1 aromatic rings. The van der Waals surface area contributed by atoms with Crippen LogP contribution >= 0.6 is 0 Å². The molecule has 86 valence electrons. The van der Waals surface area contributed by atoms with Gasteiger partial charge in [-0.15, -0.1) is 6.58 Å². The van der Waals surface area contributed by atoms with Gasteiger partial charge in [0, 0.05) is 6.20 Å². The number of carbonyl (C=O) groups is 1. The number of nitrogens with zero attached hydrogens (tertiary/aromatic N) is 1. The summed E-state index contributed by atoms with van der Waals surface area (Å²) < 4.78 is 36.8. The molecule has 1 heterocycles. The number of halogens is 1. The van der Waals surface area contributed by atoms with Crippen molar-refractivity contribution in [3.05, 3.63) is 42.5 Å². The van der Waals surface area contributed by atoms with Crippen LogP contribution in [0.25, 0.3) is 0 Å². The van der Waals surface area contributed by atoms with E-state index in [4.69, 9.17) is 0 Å². The van der Waals surface area contributed by atoms with Gasteiger partial charge in [0.2, 0.25) is 10.0 Å². The Labute approximate surface area is 92.1 Å². The van der Waals surface area contributed by atoms with E-state index in [1.165, 1.54) is 0 Å². The molecule has 0 spiro atoms. The van der Waals surface area contributed by atoms with Crippen LogP contribution in [0.1, 0.15) is 10.4 Å². The molecule has 1 N–H and O–H groups in total. The maximum atomic E-state index is 12.7. The second-order valence-electron chi connectivity index (χ2n) is 2.89. The van der Waals surface area contributed by atoms with Gasteiger partial charge in [0.05, 0.1) is 17.5 Å². The molecule has 0 radical (unpaired) electrons. The Kier molecular flexibility index (Phi) is 3.73. The summed E-state index contributed by atoms with van der Waals surface area (Å²) in [5, 5.41) is 0. The van der Waals surface area contributed by atoms with Gasteiger partial charge in [-0.3, -0.25) is 9.78 Å². The molecule has 0 aromatic carbocycles. The predicted molar refractivity (Wildman–Crippen MR) is 55.6 cm³/mol. The number of nitrogens with one attached hydrogen (secondary N) is 1. The Bertz CT molecular complexity index is 513. The molecule has 1 amide bonds. The standard InChI is InChI=1S/C9H9FN2O3S/c1-2-3-16(14,15)12-9(13)7-4-8(10)6-11-5-7/h2,4-6H,1,3H2,(H,12,13). The van der Waals surface area contributed by atoms with Gasteiger partial charge in [0.1, 0.15) is 5.82 Å². The zero-order valence-electron chi connectivity index (χ0n) is 8.18. The van der Waals surface area contributed by atoms with Crippen molar-refractivity contribution in [1.82, 2.24) is 9.71 Å². The minimum atomic E-state index is -3.76. The Morgan fingerprint density at radius 2 is 2.25 bits per heavy atom. The van der Waals surface area contributed by atoms with Gasteiger partial charge in [-0.2, -0.15) is 0 Å². The maximum Gasteiger partial charge on any atom is 0.266 e. The fourth-order valence-corrected chi connectivity index (χ4v) is 1.73. The summed E-state index contributed by atoms with van der Waals surface area (Å²) in [6.07, 6.45) is 3.12. The highest BCUT2D eigenvalue weighted by Gasteiger charge is 2.14. The quantitative estimate of drug-likeness (QED) is 0.781. The molecule has 0 saturated heterocycles. The Hall–Kier alpha value is -1.76. The second-order valence-corrected chi connectivity index (χ2v) is 4.66. The lowest BCUT2D eigenvalue weighted by Crippen LogP contribution is -2.32. The third-order valence-corrected chi connectivity index (χ3v) is 2.72. The van der Waals surface area contributed by atoms with E-state index in [0.29, 0.717) is 0 Å². The summed E-state index contributed by atoms with van der Waals surface area (Å²) in [6.45, 7) is 3.24. The highest BCUT2D eigenvalue weighted by atomic mass is 32.2. The van der Waals surface area contributed by atoms with Crippen LogP contribution in [0.5, 0.6) is 0 Å². The van der Waals surface area contributed by atoms with Gasteiger partial charge < -0.3 is 0 Å². The van der Waals surface area contributed by atoms with Crippen molar-refractivity contribution >= 4 is 15.9 Å². The first kappa shape index (κ1) is 12.3. The smallest absolute Gasteiger partial charge is 0.266 e. The summed E-state index contributed by atoms with van der Waals surface area (Å²) in [6, 6.07) is 0.895. The molecule has 0 unspecified atom stereocenters. The van der Waals surface area contributed by atoms with Crippen molar-refractivity contribution in [1.29, 1.82) is 0 Å². The highest BCUT2D eigenvalue weighted by Crippen LogP contribution is 2.01. The first-order valence-electron chi connectivity index (χ1n) is 4.21. The van der Waals surface area contributed by atoms with Crippen molar-refractivity contribution in [2.24, 2.45) is 0 Å². The number of amides is 1. The Morgan fingerprint density at radius 3 is 2.81 bits per heavy atom. The van der Waals surface area contributed by atoms with Crippen LogP contribution in [0.2, 0.25) is 0 Å². The molecular formula is C9H9FN2O3S. The van der Waals surface area contributed by atoms with E-state index in [0.717, 1.165) is 24.5 Å². The lowest BCUT2D eigenvalue weighted by molar-refractivity contribution is 0.0980. The summed E-state index contributed by atoms with van der Waals surface area (Å²) in [4.78, 5) is 14.8. The number of carbonyl (C=O) groups excluding carboxylic acids is 1. The van der Waals surface area contributed by atoms with Gasteiger partial charge in [-0.05, 0) is 6.07 Å². The van der Waals surface area contributed by atoms with Crippen LogP contribution in [0.4, 0.5) is 4.39 Å². The van der Waals surface area contributed by atoms with Crippen molar-refractivity contribution in [3.8, 4) is 0 Å². The van der Waals surface area contributed by atoms with Crippen LogP contribution < -0.4 is 4.72 Å². The first-order valence-corrected chi connectivity index (χ1v) is 5.86. The number of pyridine rings is 1. The monoisotopic (exact) mass is 244 g/mol. The van der Waals surface area contributed by atoms with E-state index >= 15 is 0 Å². The number of rotatable bonds is 4. The van der Waals surface area contributed by atoms with E-state index in [1.54, 1.807) is 4.72 Å². The number of hydrogen-bond donors (Lipinski definition) is 1. The van der Waals surface area contributed by atoms with Gasteiger partial charge in [-0.1, -0.05) is 6.08 Å². The minimum Gasteiger partial charge on any atom is -0.268 e. The predicted octanol–water partition coefficient (Wildman–Crippen LogP) is 0.466. The van der Waals surface area contributed by atoms with Crippen LogP contribution in [-0.2, 0) is 10.0 Å². The van der Waals surface area contributed by atoms with Crippen LogP contribution in [-0.4, -0.2) is 25.1 Å². The fraction of sp³-hybridized carbons (Fsp3) is 0.111. The molecule has 0 bridgehead atoms. The average Bonchev–Trinajstić information content (AvgIpc) is 2.16. The SMILES string of the molecule is C=CCS(=O)(=O)NC(=O)c1cncc(F)c1. The van der Waals surface area contributed by atoms with E-state index in [9.17, 15) is 17.6 Å².